The van der Waals surface area contributed by atoms with Crippen molar-refractivity contribution < 1.29 is 9.63 Å². The highest BCUT2D eigenvalue weighted by molar-refractivity contribution is 5.87. The Morgan fingerprint density at radius 2 is 2.55 bits per heavy atom. The molecule has 0 aliphatic carbocycles. The van der Waals surface area contributed by atoms with Gasteiger partial charge in [-0.3, -0.25) is 4.79 Å². The minimum absolute atomic E-state index is 0.0307. The van der Waals surface area contributed by atoms with Crippen LogP contribution in [0.2, 0.25) is 0 Å². The fourth-order valence-electron chi connectivity index (χ4n) is 1.14. The standard InChI is InChI=1S/C7H8N2O2/c1-2-4-3-8-7(10)5-6(4)11-9-5/h2,5,9H,1,3H2,(H,8,10). The quantitative estimate of drug-likeness (QED) is 0.530. The maximum Gasteiger partial charge on any atom is 0.248 e. The summed E-state index contributed by atoms with van der Waals surface area (Å²) in [6.45, 7) is 4.13. The molecule has 2 N–H and O–H groups in total. The number of fused-ring (bicyclic) bond motifs is 1. The molecule has 0 radical (unpaired) electrons. The summed E-state index contributed by atoms with van der Waals surface area (Å²) in [5.41, 5.74) is 3.50. The minimum atomic E-state index is -0.281. The number of hydroxylamine groups is 1. The Hall–Kier alpha value is -1.29. The van der Waals surface area contributed by atoms with E-state index >= 15 is 0 Å². The van der Waals surface area contributed by atoms with Crippen LogP contribution in [0.4, 0.5) is 0 Å². The van der Waals surface area contributed by atoms with E-state index in [0.29, 0.717) is 12.3 Å². The molecule has 1 amide bonds. The zero-order chi connectivity index (χ0) is 7.84. The Kier molecular flexibility index (Phi) is 1.22. The van der Waals surface area contributed by atoms with Crippen LogP contribution in [0.25, 0.3) is 0 Å². The fourth-order valence-corrected chi connectivity index (χ4v) is 1.14. The van der Waals surface area contributed by atoms with E-state index in [2.05, 4.69) is 17.4 Å². The van der Waals surface area contributed by atoms with Gasteiger partial charge in [-0.15, -0.1) is 5.48 Å². The first-order valence-electron chi connectivity index (χ1n) is 3.38. The fraction of sp³-hybridized carbons (Fsp3) is 0.286. The molecule has 58 valence electrons. The number of carbonyl (C=O) groups excluding carboxylic acids is 1. The number of rotatable bonds is 1. The number of amides is 1. The average Bonchev–Trinajstić information content (AvgIpc) is 1.93. The SMILES string of the molecule is C=CC1=C2ONC2C(=O)NC1. The van der Waals surface area contributed by atoms with Gasteiger partial charge in [0.25, 0.3) is 0 Å². The van der Waals surface area contributed by atoms with E-state index < -0.39 is 0 Å². The summed E-state index contributed by atoms with van der Waals surface area (Å²) in [7, 11) is 0. The van der Waals surface area contributed by atoms with Gasteiger partial charge in [0, 0.05) is 12.1 Å². The summed E-state index contributed by atoms with van der Waals surface area (Å²) in [5.74, 6) is 0.681. The molecular weight excluding hydrogens is 144 g/mol. The highest BCUT2D eigenvalue weighted by Gasteiger charge is 2.38. The van der Waals surface area contributed by atoms with Crippen molar-refractivity contribution in [1.82, 2.24) is 10.8 Å². The van der Waals surface area contributed by atoms with E-state index in [1.165, 1.54) is 0 Å². The number of hydrogen-bond donors (Lipinski definition) is 2. The first-order valence-corrected chi connectivity index (χ1v) is 3.38. The van der Waals surface area contributed by atoms with Gasteiger partial charge >= 0.3 is 0 Å². The zero-order valence-electron chi connectivity index (χ0n) is 5.89. The van der Waals surface area contributed by atoms with Gasteiger partial charge in [-0.05, 0) is 0 Å². The summed E-state index contributed by atoms with van der Waals surface area (Å²) in [6, 6.07) is -0.281. The van der Waals surface area contributed by atoms with Gasteiger partial charge < -0.3 is 10.2 Å². The second kappa shape index (κ2) is 2.10. The lowest BCUT2D eigenvalue weighted by Gasteiger charge is -2.34. The predicted octanol–water partition coefficient (Wildman–Crippen LogP) is -0.540. The Bertz CT molecular complexity index is 257. The highest BCUT2D eigenvalue weighted by atomic mass is 16.7. The van der Waals surface area contributed by atoms with Crippen LogP contribution in [0.15, 0.2) is 24.0 Å². The lowest BCUT2D eigenvalue weighted by atomic mass is 10.0. The Morgan fingerprint density at radius 3 is 3.09 bits per heavy atom. The molecule has 0 aromatic rings. The third kappa shape index (κ3) is 0.760. The van der Waals surface area contributed by atoms with Crippen LogP contribution < -0.4 is 10.8 Å². The van der Waals surface area contributed by atoms with Gasteiger partial charge in [0.2, 0.25) is 5.91 Å². The van der Waals surface area contributed by atoms with E-state index in [1.807, 2.05) is 0 Å². The normalized spacial score (nSPS) is 28.0. The van der Waals surface area contributed by atoms with E-state index in [1.54, 1.807) is 6.08 Å². The smallest absolute Gasteiger partial charge is 0.248 e. The monoisotopic (exact) mass is 152 g/mol. The molecule has 4 nitrogen and oxygen atoms in total. The molecule has 1 unspecified atom stereocenters. The molecule has 0 spiro atoms. The Labute approximate surface area is 63.9 Å². The average molecular weight is 152 g/mol. The van der Waals surface area contributed by atoms with Crippen LogP contribution in [0.1, 0.15) is 0 Å². The van der Waals surface area contributed by atoms with Crippen molar-refractivity contribution in [3.8, 4) is 0 Å². The molecule has 2 aliphatic heterocycles. The molecule has 1 atom stereocenters. The lowest BCUT2D eigenvalue weighted by molar-refractivity contribution is -0.136. The van der Waals surface area contributed by atoms with Crippen LogP contribution in [-0.4, -0.2) is 18.5 Å². The molecule has 0 saturated carbocycles. The summed E-state index contributed by atoms with van der Waals surface area (Å²) in [4.78, 5) is 15.9. The summed E-state index contributed by atoms with van der Waals surface area (Å²) >= 11 is 0. The molecule has 1 fully saturated rings. The molecule has 0 bridgehead atoms. The summed E-state index contributed by atoms with van der Waals surface area (Å²) in [6.07, 6.45) is 1.70. The van der Waals surface area contributed by atoms with Crippen LogP contribution >= 0.6 is 0 Å². The van der Waals surface area contributed by atoms with E-state index in [9.17, 15) is 4.79 Å². The van der Waals surface area contributed by atoms with Crippen LogP contribution in [-0.2, 0) is 9.63 Å². The van der Waals surface area contributed by atoms with Gasteiger partial charge in [-0.2, -0.15) is 0 Å². The van der Waals surface area contributed by atoms with E-state index in [-0.39, 0.29) is 11.9 Å². The minimum Gasteiger partial charge on any atom is -0.409 e. The Morgan fingerprint density at radius 1 is 1.73 bits per heavy atom. The van der Waals surface area contributed by atoms with E-state index in [0.717, 1.165) is 5.57 Å². The van der Waals surface area contributed by atoms with Crippen molar-refractivity contribution >= 4 is 5.91 Å². The van der Waals surface area contributed by atoms with Gasteiger partial charge in [0.05, 0.1) is 0 Å². The Balaban J connectivity index is 2.32. The van der Waals surface area contributed by atoms with Crippen molar-refractivity contribution in [2.45, 2.75) is 6.04 Å². The molecule has 0 aromatic heterocycles. The van der Waals surface area contributed by atoms with Crippen LogP contribution in [0.3, 0.4) is 0 Å². The second-order valence-electron chi connectivity index (χ2n) is 2.46. The maximum atomic E-state index is 11.0. The molecule has 1 saturated heterocycles. The number of hydrogen-bond acceptors (Lipinski definition) is 3. The third-order valence-corrected chi connectivity index (χ3v) is 1.83. The lowest BCUT2D eigenvalue weighted by Crippen LogP contribution is -2.57. The van der Waals surface area contributed by atoms with Crippen LogP contribution in [0.5, 0.6) is 0 Å². The van der Waals surface area contributed by atoms with Gasteiger partial charge in [-0.25, -0.2) is 0 Å². The first kappa shape index (κ1) is 6.42. The molecule has 2 heterocycles. The molecule has 2 rings (SSSR count). The van der Waals surface area contributed by atoms with Gasteiger partial charge in [-0.1, -0.05) is 12.7 Å². The molecular formula is C7H8N2O2. The summed E-state index contributed by atoms with van der Waals surface area (Å²) < 4.78 is 0. The second-order valence-corrected chi connectivity index (χ2v) is 2.46. The topological polar surface area (TPSA) is 50.4 Å². The molecule has 0 aromatic carbocycles. The molecule has 4 heteroatoms. The van der Waals surface area contributed by atoms with Crippen molar-refractivity contribution in [2.24, 2.45) is 0 Å². The van der Waals surface area contributed by atoms with Gasteiger partial charge in [0.1, 0.15) is 0 Å². The third-order valence-electron chi connectivity index (χ3n) is 1.83. The largest absolute Gasteiger partial charge is 0.409 e. The van der Waals surface area contributed by atoms with Crippen molar-refractivity contribution in [3.63, 3.8) is 0 Å². The molecule has 2 aliphatic rings. The highest BCUT2D eigenvalue weighted by Crippen LogP contribution is 2.22. The van der Waals surface area contributed by atoms with Gasteiger partial charge in [0.15, 0.2) is 11.8 Å². The first-order chi connectivity index (χ1) is 5.33. The predicted molar refractivity (Wildman–Crippen MR) is 38.2 cm³/mol. The van der Waals surface area contributed by atoms with Crippen molar-refractivity contribution in [1.29, 1.82) is 0 Å². The molecule has 11 heavy (non-hydrogen) atoms. The maximum absolute atomic E-state index is 11.0. The number of nitrogens with one attached hydrogen (secondary N) is 2. The zero-order valence-corrected chi connectivity index (χ0v) is 5.89. The van der Waals surface area contributed by atoms with Crippen molar-refractivity contribution in [3.05, 3.63) is 24.0 Å². The van der Waals surface area contributed by atoms with Crippen molar-refractivity contribution in [2.75, 3.05) is 6.54 Å². The van der Waals surface area contributed by atoms with Crippen LogP contribution in [0, 0.1) is 0 Å². The summed E-state index contributed by atoms with van der Waals surface area (Å²) in [5, 5.41) is 2.70. The van der Waals surface area contributed by atoms with E-state index in [4.69, 9.17) is 4.84 Å². The number of carbonyl (C=O) groups is 1.